The standard InChI is InChI=1S/C14H26/c1-12-6-5-9-14(10-12)11-13-7-3-2-4-8-13/h12-14H,2-11H2,1H3/t12-,14-/m0/s1. The lowest BCUT2D eigenvalue weighted by Crippen LogP contribution is -2.18. The zero-order chi connectivity index (χ0) is 9.80. The topological polar surface area (TPSA) is 0 Å². The summed E-state index contributed by atoms with van der Waals surface area (Å²) in [6, 6.07) is 0. The lowest BCUT2D eigenvalue weighted by Gasteiger charge is -2.31. The molecule has 2 saturated carbocycles. The minimum Gasteiger partial charge on any atom is -0.0625 e. The zero-order valence-corrected chi connectivity index (χ0v) is 9.80. The third-order valence-corrected chi connectivity index (χ3v) is 4.44. The van der Waals surface area contributed by atoms with E-state index in [1.54, 1.807) is 25.7 Å². The molecule has 0 unspecified atom stereocenters. The molecule has 0 aromatic carbocycles. The quantitative estimate of drug-likeness (QED) is 0.593. The van der Waals surface area contributed by atoms with Gasteiger partial charge in [0.25, 0.3) is 0 Å². The number of hydrogen-bond acceptors (Lipinski definition) is 0. The third-order valence-electron chi connectivity index (χ3n) is 4.44. The van der Waals surface area contributed by atoms with Crippen LogP contribution in [0.5, 0.6) is 0 Å². The molecule has 2 aliphatic rings. The highest BCUT2D eigenvalue weighted by atomic mass is 14.3. The second-order valence-electron chi connectivity index (χ2n) is 5.88. The van der Waals surface area contributed by atoms with Crippen LogP contribution in [0.25, 0.3) is 0 Å². The monoisotopic (exact) mass is 194 g/mol. The number of rotatable bonds is 2. The SMILES string of the molecule is C[C@H]1CCC[C@H](CC2CCCCC2)C1. The van der Waals surface area contributed by atoms with Crippen molar-refractivity contribution >= 4 is 0 Å². The van der Waals surface area contributed by atoms with Gasteiger partial charge < -0.3 is 0 Å². The lowest BCUT2D eigenvalue weighted by molar-refractivity contribution is 0.212. The first kappa shape index (κ1) is 10.5. The molecule has 0 N–H and O–H groups in total. The van der Waals surface area contributed by atoms with Crippen LogP contribution in [0.4, 0.5) is 0 Å². The molecular formula is C14H26. The second-order valence-corrected chi connectivity index (χ2v) is 5.88. The van der Waals surface area contributed by atoms with E-state index in [0.717, 1.165) is 17.8 Å². The van der Waals surface area contributed by atoms with Gasteiger partial charge in [-0.3, -0.25) is 0 Å². The summed E-state index contributed by atoms with van der Waals surface area (Å²) < 4.78 is 0. The average Bonchev–Trinajstić information content (AvgIpc) is 2.19. The van der Waals surface area contributed by atoms with Crippen molar-refractivity contribution in [2.45, 2.75) is 71.1 Å². The molecule has 2 rings (SSSR count). The minimum absolute atomic E-state index is 1.03. The van der Waals surface area contributed by atoms with Crippen LogP contribution in [0.3, 0.4) is 0 Å². The van der Waals surface area contributed by atoms with E-state index in [1.165, 1.54) is 38.5 Å². The van der Waals surface area contributed by atoms with E-state index in [1.807, 2.05) is 0 Å². The van der Waals surface area contributed by atoms with E-state index < -0.39 is 0 Å². The summed E-state index contributed by atoms with van der Waals surface area (Å²) >= 11 is 0. The van der Waals surface area contributed by atoms with E-state index in [0.29, 0.717) is 0 Å². The van der Waals surface area contributed by atoms with Gasteiger partial charge in [0, 0.05) is 0 Å². The smallest absolute Gasteiger partial charge is 0.0409 e. The van der Waals surface area contributed by atoms with E-state index >= 15 is 0 Å². The Morgan fingerprint density at radius 2 is 1.50 bits per heavy atom. The molecule has 0 aromatic rings. The van der Waals surface area contributed by atoms with E-state index in [4.69, 9.17) is 0 Å². The largest absolute Gasteiger partial charge is 0.0625 e. The molecule has 2 atom stereocenters. The molecule has 0 amide bonds. The molecule has 0 aromatic heterocycles. The molecule has 0 radical (unpaired) electrons. The van der Waals surface area contributed by atoms with Gasteiger partial charge in [0.1, 0.15) is 0 Å². The van der Waals surface area contributed by atoms with Crippen molar-refractivity contribution in [2.75, 3.05) is 0 Å². The molecule has 0 aliphatic heterocycles. The van der Waals surface area contributed by atoms with Crippen LogP contribution in [0.2, 0.25) is 0 Å². The normalized spacial score (nSPS) is 35.8. The highest BCUT2D eigenvalue weighted by molar-refractivity contribution is 4.75. The molecule has 0 saturated heterocycles. The molecule has 0 heteroatoms. The van der Waals surface area contributed by atoms with Gasteiger partial charge >= 0.3 is 0 Å². The maximum atomic E-state index is 2.45. The fourth-order valence-corrected chi connectivity index (χ4v) is 3.67. The Bertz CT molecular complexity index is 155. The van der Waals surface area contributed by atoms with Gasteiger partial charge in [0.05, 0.1) is 0 Å². The summed E-state index contributed by atoms with van der Waals surface area (Å²) in [5, 5.41) is 0. The van der Waals surface area contributed by atoms with Gasteiger partial charge in [-0.15, -0.1) is 0 Å². The first-order valence-electron chi connectivity index (χ1n) is 6.84. The van der Waals surface area contributed by atoms with Crippen molar-refractivity contribution in [2.24, 2.45) is 17.8 Å². The summed E-state index contributed by atoms with van der Waals surface area (Å²) in [6.07, 6.45) is 15.3. The Kier molecular flexibility index (Phi) is 3.89. The van der Waals surface area contributed by atoms with Crippen LogP contribution in [0.1, 0.15) is 71.1 Å². The third kappa shape index (κ3) is 3.00. The Balaban J connectivity index is 1.72. The zero-order valence-electron chi connectivity index (χ0n) is 9.80. The second kappa shape index (κ2) is 5.19. The lowest BCUT2D eigenvalue weighted by atomic mass is 9.75. The number of hydrogen-bond donors (Lipinski definition) is 0. The van der Waals surface area contributed by atoms with Crippen molar-refractivity contribution in [1.29, 1.82) is 0 Å². The predicted molar refractivity (Wildman–Crippen MR) is 62.3 cm³/mol. The van der Waals surface area contributed by atoms with Crippen LogP contribution in [0, 0.1) is 17.8 Å². The van der Waals surface area contributed by atoms with E-state index in [9.17, 15) is 0 Å². The summed E-state index contributed by atoms with van der Waals surface area (Å²) in [4.78, 5) is 0. The van der Waals surface area contributed by atoms with Crippen molar-refractivity contribution in [3.05, 3.63) is 0 Å². The Hall–Kier alpha value is 0. The van der Waals surface area contributed by atoms with E-state index in [2.05, 4.69) is 6.92 Å². The summed E-state index contributed by atoms with van der Waals surface area (Å²) in [5.74, 6) is 3.23. The maximum Gasteiger partial charge on any atom is -0.0409 e. The molecular weight excluding hydrogens is 168 g/mol. The summed E-state index contributed by atoms with van der Waals surface area (Å²) in [5.41, 5.74) is 0. The Morgan fingerprint density at radius 3 is 2.21 bits per heavy atom. The van der Waals surface area contributed by atoms with Crippen LogP contribution in [0.15, 0.2) is 0 Å². The molecule has 14 heavy (non-hydrogen) atoms. The van der Waals surface area contributed by atoms with Crippen molar-refractivity contribution in [3.63, 3.8) is 0 Å². The fourth-order valence-electron chi connectivity index (χ4n) is 3.67. The van der Waals surface area contributed by atoms with E-state index in [-0.39, 0.29) is 0 Å². The van der Waals surface area contributed by atoms with Gasteiger partial charge in [-0.2, -0.15) is 0 Å². The van der Waals surface area contributed by atoms with Crippen LogP contribution in [-0.2, 0) is 0 Å². The molecule has 2 fully saturated rings. The molecule has 82 valence electrons. The Morgan fingerprint density at radius 1 is 0.786 bits per heavy atom. The first-order chi connectivity index (χ1) is 6.84. The van der Waals surface area contributed by atoms with Gasteiger partial charge in [-0.25, -0.2) is 0 Å². The van der Waals surface area contributed by atoms with Gasteiger partial charge in [0.15, 0.2) is 0 Å². The average molecular weight is 194 g/mol. The molecule has 0 nitrogen and oxygen atoms in total. The minimum atomic E-state index is 1.03. The fraction of sp³-hybridized carbons (Fsp3) is 1.00. The van der Waals surface area contributed by atoms with Crippen molar-refractivity contribution < 1.29 is 0 Å². The Labute approximate surface area is 89.5 Å². The molecule has 2 aliphatic carbocycles. The molecule has 0 bridgehead atoms. The predicted octanol–water partition coefficient (Wildman–Crippen LogP) is 4.78. The highest BCUT2D eigenvalue weighted by Gasteiger charge is 2.23. The van der Waals surface area contributed by atoms with Gasteiger partial charge in [0.2, 0.25) is 0 Å². The van der Waals surface area contributed by atoms with Crippen molar-refractivity contribution in [1.82, 2.24) is 0 Å². The first-order valence-corrected chi connectivity index (χ1v) is 6.84. The van der Waals surface area contributed by atoms with Gasteiger partial charge in [-0.1, -0.05) is 58.3 Å². The van der Waals surface area contributed by atoms with Crippen LogP contribution in [-0.4, -0.2) is 0 Å². The highest BCUT2D eigenvalue weighted by Crippen LogP contribution is 2.36. The molecule has 0 heterocycles. The van der Waals surface area contributed by atoms with Crippen molar-refractivity contribution in [3.8, 4) is 0 Å². The summed E-state index contributed by atoms with van der Waals surface area (Å²) in [6.45, 7) is 2.45. The van der Waals surface area contributed by atoms with Crippen LogP contribution < -0.4 is 0 Å². The maximum absolute atomic E-state index is 2.45. The molecule has 0 spiro atoms. The van der Waals surface area contributed by atoms with Gasteiger partial charge in [-0.05, 0) is 30.6 Å². The van der Waals surface area contributed by atoms with Crippen LogP contribution >= 0.6 is 0 Å². The summed E-state index contributed by atoms with van der Waals surface area (Å²) in [7, 11) is 0.